The second-order valence-electron chi connectivity index (χ2n) is 7.10. The molecule has 152 valence electrons. The maximum atomic E-state index is 13.0. The van der Waals surface area contributed by atoms with Crippen molar-refractivity contribution in [2.75, 3.05) is 18.9 Å². The lowest BCUT2D eigenvalue weighted by Crippen LogP contribution is -2.37. The Balaban J connectivity index is 1.42. The van der Waals surface area contributed by atoms with Crippen molar-refractivity contribution in [3.63, 3.8) is 0 Å². The van der Waals surface area contributed by atoms with Crippen molar-refractivity contribution in [2.24, 2.45) is 0 Å². The highest BCUT2D eigenvalue weighted by molar-refractivity contribution is 7.99. The molecule has 0 saturated carbocycles. The lowest BCUT2D eigenvalue weighted by molar-refractivity contribution is -0.130. The average Bonchev–Trinajstić information content (AvgIpc) is 3.49. The molecule has 1 aliphatic rings. The molecule has 1 unspecified atom stereocenters. The van der Waals surface area contributed by atoms with Crippen LogP contribution in [0.4, 0.5) is 0 Å². The van der Waals surface area contributed by atoms with Gasteiger partial charge < -0.3 is 9.64 Å². The second kappa shape index (κ2) is 9.56. The first-order valence-corrected chi connectivity index (χ1v) is 11.6. The van der Waals surface area contributed by atoms with Crippen LogP contribution in [0.15, 0.2) is 53.3 Å². The van der Waals surface area contributed by atoms with Gasteiger partial charge in [0.2, 0.25) is 5.91 Å². The largest absolute Gasteiger partial charge is 0.376 e. The Bertz CT molecular complexity index is 919. The number of thiophene rings is 1. The normalized spacial score (nSPS) is 16.2. The van der Waals surface area contributed by atoms with E-state index in [0.717, 1.165) is 30.3 Å². The number of rotatable bonds is 8. The molecule has 1 fully saturated rings. The van der Waals surface area contributed by atoms with E-state index in [2.05, 4.69) is 35.3 Å². The van der Waals surface area contributed by atoms with E-state index in [9.17, 15) is 4.79 Å². The fourth-order valence-corrected chi connectivity index (χ4v) is 4.85. The molecule has 1 aromatic carbocycles. The van der Waals surface area contributed by atoms with Crippen LogP contribution < -0.4 is 0 Å². The first kappa shape index (κ1) is 20.1. The van der Waals surface area contributed by atoms with E-state index in [1.807, 2.05) is 33.0 Å². The van der Waals surface area contributed by atoms with Crippen molar-refractivity contribution in [1.82, 2.24) is 19.7 Å². The van der Waals surface area contributed by atoms with Gasteiger partial charge >= 0.3 is 0 Å². The van der Waals surface area contributed by atoms with Crippen LogP contribution in [0.25, 0.3) is 5.69 Å². The maximum Gasteiger partial charge on any atom is 0.233 e. The number of benzene rings is 1. The Kier molecular flexibility index (Phi) is 6.63. The summed E-state index contributed by atoms with van der Waals surface area (Å²) in [5.74, 6) is 0.417. The van der Waals surface area contributed by atoms with E-state index in [0.29, 0.717) is 18.8 Å². The number of ether oxygens (including phenoxy) is 1. The quantitative estimate of drug-likeness (QED) is 0.509. The number of carbonyl (C=O) groups is 1. The first-order chi connectivity index (χ1) is 14.2. The number of hydrogen-bond acceptors (Lipinski definition) is 6. The molecular formula is C21H24N4O2S2. The van der Waals surface area contributed by atoms with Crippen LogP contribution in [-0.2, 0) is 16.1 Å². The molecule has 1 atom stereocenters. The Morgan fingerprint density at radius 2 is 2.21 bits per heavy atom. The van der Waals surface area contributed by atoms with Gasteiger partial charge in [-0.1, -0.05) is 35.5 Å². The predicted molar refractivity (Wildman–Crippen MR) is 116 cm³/mol. The van der Waals surface area contributed by atoms with Crippen LogP contribution >= 0.6 is 23.1 Å². The summed E-state index contributed by atoms with van der Waals surface area (Å²) in [4.78, 5) is 16.1. The van der Waals surface area contributed by atoms with E-state index in [1.54, 1.807) is 17.7 Å². The fourth-order valence-electron chi connectivity index (χ4n) is 3.30. The van der Waals surface area contributed by atoms with Gasteiger partial charge in [-0.05, 0) is 43.3 Å². The van der Waals surface area contributed by atoms with Crippen molar-refractivity contribution >= 4 is 29.0 Å². The topological polar surface area (TPSA) is 60.2 Å². The molecule has 1 saturated heterocycles. The Labute approximate surface area is 178 Å². The van der Waals surface area contributed by atoms with Crippen LogP contribution in [0.5, 0.6) is 0 Å². The summed E-state index contributed by atoms with van der Waals surface area (Å²) in [7, 11) is 0. The molecule has 2 aromatic heterocycles. The van der Waals surface area contributed by atoms with E-state index >= 15 is 0 Å². The minimum absolute atomic E-state index is 0.0948. The van der Waals surface area contributed by atoms with E-state index in [-0.39, 0.29) is 12.0 Å². The van der Waals surface area contributed by atoms with Crippen molar-refractivity contribution < 1.29 is 9.53 Å². The van der Waals surface area contributed by atoms with E-state index in [4.69, 9.17) is 4.74 Å². The number of thioether (sulfide) groups is 1. The third-order valence-corrected chi connectivity index (χ3v) is 6.67. The number of amides is 1. The fraction of sp³-hybridized carbons (Fsp3) is 0.381. The molecule has 8 heteroatoms. The molecular weight excluding hydrogens is 404 g/mol. The molecule has 0 spiro atoms. The van der Waals surface area contributed by atoms with Gasteiger partial charge in [-0.2, -0.15) is 0 Å². The number of nitrogens with zero attached hydrogens (tertiary/aromatic N) is 4. The molecule has 1 aliphatic heterocycles. The van der Waals surface area contributed by atoms with Gasteiger partial charge in [0.25, 0.3) is 0 Å². The molecule has 0 aliphatic carbocycles. The van der Waals surface area contributed by atoms with Gasteiger partial charge in [-0.25, -0.2) is 0 Å². The number of aromatic nitrogens is 3. The van der Waals surface area contributed by atoms with Gasteiger partial charge in [0.1, 0.15) is 6.33 Å². The van der Waals surface area contributed by atoms with Crippen molar-refractivity contribution in [1.29, 1.82) is 0 Å². The average molecular weight is 429 g/mol. The summed E-state index contributed by atoms with van der Waals surface area (Å²) < 4.78 is 7.68. The molecule has 4 rings (SSSR count). The zero-order valence-electron chi connectivity index (χ0n) is 16.4. The van der Waals surface area contributed by atoms with Gasteiger partial charge in [-0.3, -0.25) is 9.36 Å². The minimum atomic E-state index is 0.0948. The van der Waals surface area contributed by atoms with Crippen LogP contribution in [0.2, 0.25) is 0 Å². The second-order valence-corrected chi connectivity index (χ2v) is 9.07. The van der Waals surface area contributed by atoms with E-state index in [1.165, 1.54) is 22.2 Å². The third-order valence-electron chi connectivity index (χ3n) is 4.88. The zero-order chi connectivity index (χ0) is 20.1. The number of hydrogen-bond donors (Lipinski definition) is 0. The molecule has 0 bridgehead atoms. The van der Waals surface area contributed by atoms with Gasteiger partial charge in [-0.15, -0.1) is 21.5 Å². The highest BCUT2D eigenvalue weighted by Gasteiger charge is 2.23. The molecule has 6 nitrogen and oxygen atoms in total. The molecule has 29 heavy (non-hydrogen) atoms. The van der Waals surface area contributed by atoms with Gasteiger partial charge in [0, 0.05) is 23.7 Å². The number of aryl methyl sites for hydroxylation is 1. The summed E-state index contributed by atoms with van der Waals surface area (Å²) in [6.07, 6.45) is 3.91. The molecule has 3 heterocycles. The SMILES string of the molecule is Cc1ccc(-n2cnnc2SCC(=O)N(Cc2cccs2)CC2CCCO2)cc1. The summed E-state index contributed by atoms with van der Waals surface area (Å²) in [5, 5.41) is 11.0. The van der Waals surface area contributed by atoms with E-state index < -0.39 is 0 Å². The summed E-state index contributed by atoms with van der Waals surface area (Å²) in [5.41, 5.74) is 2.19. The molecule has 3 aromatic rings. The highest BCUT2D eigenvalue weighted by Crippen LogP contribution is 2.22. The molecule has 0 N–H and O–H groups in total. The van der Waals surface area contributed by atoms with Crippen LogP contribution in [0.1, 0.15) is 23.3 Å². The predicted octanol–water partition coefficient (Wildman–Crippen LogP) is 3.94. The smallest absolute Gasteiger partial charge is 0.233 e. The third kappa shape index (κ3) is 5.26. The summed E-state index contributed by atoms with van der Waals surface area (Å²) >= 11 is 3.10. The number of carbonyl (C=O) groups excluding carboxylic acids is 1. The highest BCUT2D eigenvalue weighted by atomic mass is 32.2. The Morgan fingerprint density at radius 3 is 2.93 bits per heavy atom. The minimum Gasteiger partial charge on any atom is -0.376 e. The lowest BCUT2D eigenvalue weighted by Gasteiger charge is -2.25. The summed E-state index contributed by atoms with van der Waals surface area (Å²) in [6, 6.07) is 12.3. The van der Waals surface area contributed by atoms with Crippen molar-refractivity contribution in [3.8, 4) is 5.69 Å². The van der Waals surface area contributed by atoms with Gasteiger partial charge in [0.15, 0.2) is 5.16 Å². The zero-order valence-corrected chi connectivity index (χ0v) is 18.0. The van der Waals surface area contributed by atoms with Crippen LogP contribution in [0.3, 0.4) is 0 Å². The standard InChI is InChI=1S/C21H24N4O2S2/c1-16-6-8-17(9-7-16)25-15-22-23-21(25)29-14-20(26)24(12-18-4-2-10-27-18)13-19-5-3-11-28-19/h3,5-9,11,15,18H,2,4,10,12-14H2,1H3. The summed E-state index contributed by atoms with van der Waals surface area (Å²) in [6.45, 7) is 4.12. The molecule has 0 radical (unpaired) electrons. The monoisotopic (exact) mass is 428 g/mol. The van der Waals surface area contributed by atoms with Crippen molar-refractivity contribution in [2.45, 2.75) is 37.6 Å². The van der Waals surface area contributed by atoms with Crippen molar-refractivity contribution in [3.05, 3.63) is 58.5 Å². The van der Waals surface area contributed by atoms with Crippen LogP contribution in [0, 0.1) is 6.92 Å². The first-order valence-electron chi connectivity index (χ1n) is 9.70. The van der Waals surface area contributed by atoms with Gasteiger partial charge in [0.05, 0.1) is 18.4 Å². The Morgan fingerprint density at radius 1 is 1.34 bits per heavy atom. The molecule has 1 amide bonds. The Hall–Kier alpha value is -2.16. The maximum absolute atomic E-state index is 13.0. The van der Waals surface area contributed by atoms with Crippen LogP contribution in [-0.4, -0.2) is 50.6 Å². The lowest BCUT2D eigenvalue weighted by atomic mass is 10.2.